The molecule has 1 atom stereocenters. The lowest BCUT2D eigenvalue weighted by Crippen LogP contribution is -2.42. The smallest absolute Gasteiger partial charge is 0.321 e. The van der Waals surface area contributed by atoms with Crippen LogP contribution < -0.4 is 10.2 Å². The zero-order valence-electron chi connectivity index (χ0n) is 13.6. The zero-order chi connectivity index (χ0) is 16.1. The first-order valence-corrected chi connectivity index (χ1v) is 7.41. The third kappa shape index (κ3) is 4.07. The van der Waals surface area contributed by atoms with Gasteiger partial charge >= 0.3 is 6.03 Å². The van der Waals surface area contributed by atoms with Crippen molar-refractivity contribution in [2.24, 2.45) is 0 Å². The molecule has 0 aliphatic rings. The lowest BCUT2D eigenvalue weighted by Gasteiger charge is -2.23. The van der Waals surface area contributed by atoms with E-state index in [1.165, 1.54) is 11.9 Å². The third-order valence-electron chi connectivity index (χ3n) is 3.65. The summed E-state index contributed by atoms with van der Waals surface area (Å²) in [6, 6.07) is 6.03. The first kappa shape index (κ1) is 16.0. The molecule has 0 aliphatic heterocycles. The van der Waals surface area contributed by atoms with Crippen LogP contribution in [0.25, 0.3) is 0 Å². The number of urea groups is 1. The molecule has 0 spiro atoms. The molecule has 6 heteroatoms. The highest BCUT2D eigenvalue weighted by Crippen LogP contribution is 2.20. The summed E-state index contributed by atoms with van der Waals surface area (Å²) in [6.07, 6.45) is 3.99. The van der Waals surface area contributed by atoms with Gasteiger partial charge in [0.1, 0.15) is 12.7 Å². The molecule has 6 nitrogen and oxygen atoms in total. The minimum atomic E-state index is -0.0990. The van der Waals surface area contributed by atoms with E-state index in [1.807, 2.05) is 32.9 Å². The van der Waals surface area contributed by atoms with Gasteiger partial charge in [-0.1, -0.05) is 17.7 Å². The van der Waals surface area contributed by atoms with Crippen LogP contribution in [0.5, 0.6) is 0 Å². The normalized spacial score (nSPS) is 12.0. The van der Waals surface area contributed by atoms with Gasteiger partial charge in [0.2, 0.25) is 0 Å². The second-order valence-corrected chi connectivity index (χ2v) is 5.65. The highest BCUT2D eigenvalue weighted by atomic mass is 16.2. The van der Waals surface area contributed by atoms with Gasteiger partial charge in [0.25, 0.3) is 0 Å². The molecule has 0 radical (unpaired) electrons. The maximum Gasteiger partial charge on any atom is 0.321 e. The molecule has 0 aliphatic carbocycles. The number of anilines is 1. The quantitative estimate of drug-likeness (QED) is 0.923. The predicted molar refractivity (Wildman–Crippen MR) is 87.0 cm³/mol. The molecule has 2 amide bonds. The molecule has 118 valence electrons. The molecular formula is C16H23N5O. The summed E-state index contributed by atoms with van der Waals surface area (Å²) in [5, 5.41) is 7.06. The molecule has 1 aromatic carbocycles. The van der Waals surface area contributed by atoms with Crippen molar-refractivity contribution in [3.8, 4) is 0 Å². The van der Waals surface area contributed by atoms with Crippen LogP contribution in [0.4, 0.5) is 10.5 Å². The van der Waals surface area contributed by atoms with E-state index in [0.29, 0.717) is 0 Å². The van der Waals surface area contributed by atoms with Crippen LogP contribution in [0.1, 0.15) is 24.5 Å². The number of hydrogen-bond donors (Lipinski definition) is 1. The second kappa shape index (κ2) is 7.06. The van der Waals surface area contributed by atoms with Gasteiger partial charge < -0.3 is 5.32 Å². The summed E-state index contributed by atoms with van der Waals surface area (Å²) in [5.41, 5.74) is 3.20. The standard InChI is InChI=1S/C16H23N5O/c1-12-5-6-15(13(2)9-12)20(4)16(22)19-14(3)7-8-21-11-17-10-18-21/h5-6,9-11,14H,7-8H2,1-4H3,(H,19,22)/t14-/m1/s1. The summed E-state index contributed by atoms with van der Waals surface area (Å²) in [7, 11) is 1.79. The van der Waals surface area contributed by atoms with Gasteiger partial charge in [0.05, 0.1) is 0 Å². The Balaban J connectivity index is 1.90. The Kier molecular flexibility index (Phi) is 5.14. The molecule has 0 unspecified atom stereocenters. The van der Waals surface area contributed by atoms with Crippen molar-refractivity contribution in [1.82, 2.24) is 20.1 Å². The molecule has 1 N–H and O–H groups in total. The average molecular weight is 301 g/mol. The monoisotopic (exact) mass is 301 g/mol. The molecule has 2 aromatic rings. The topological polar surface area (TPSA) is 63.1 Å². The second-order valence-electron chi connectivity index (χ2n) is 5.65. The summed E-state index contributed by atoms with van der Waals surface area (Å²) < 4.78 is 1.76. The predicted octanol–water partition coefficient (Wildman–Crippen LogP) is 2.52. The Hall–Kier alpha value is -2.37. The zero-order valence-corrected chi connectivity index (χ0v) is 13.6. The Morgan fingerprint density at radius 1 is 1.41 bits per heavy atom. The summed E-state index contributed by atoms with van der Waals surface area (Å²) in [5.74, 6) is 0. The van der Waals surface area contributed by atoms with Crippen LogP contribution >= 0.6 is 0 Å². The van der Waals surface area contributed by atoms with Crippen molar-refractivity contribution in [1.29, 1.82) is 0 Å². The van der Waals surface area contributed by atoms with E-state index in [4.69, 9.17) is 0 Å². The third-order valence-corrected chi connectivity index (χ3v) is 3.65. The number of aryl methyl sites for hydroxylation is 3. The lowest BCUT2D eigenvalue weighted by molar-refractivity contribution is 0.243. The number of carbonyl (C=O) groups is 1. The van der Waals surface area contributed by atoms with Crippen LogP contribution in [-0.4, -0.2) is 33.9 Å². The van der Waals surface area contributed by atoms with Crippen LogP contribution in [0.2, 0.25) is 0 Å². The lowest BCUT2D eigenvalue weighted by atomic mass is 10.1. The Morgan fingerprint density at radius 2 is 2.18 bits per heavy atom. The number of benzene rings is 1. The van der Waals surface area contributed by atoms with Gasteiger partial charge in [-0.05, 0) is 38.8 Å². The number of nitrogens with zero attached hydrogens (tertiary/aromatic N) is 4. The number of nitrogens with one attached hydrogen (secondary N) is 1. The van der Waals surface area contributed by atoms with E-state index in [-0.39, 0.29) is 12.1 Å². The van der Waals surface area contributed by atoms with Gasteiger partial charge in [0.15, 0.2) is 0 Å². The minimum Gasteiger partial charge on any atom is -0.335 e. The molecule has 22 heavy (non-hydrogen) atoms. The fraction of sp³-hybridized carbons (Fsp3) is 0.438. The molecule has 0 saturated heterocycles. The van der Waals surface area contributed by atoms with E-state index in [2.05, 4.69) is 21.5 Å². The van der Waals surface area contributed by atoms with Crippen molar-refractivity contribution in [2.75, 3.05) is 11.9 Å². The molecule has 1 aromatic heterocycles. The number of hydrogen-bond acceptors (Lipinski definition) is 3. The van der Waals surface area contributed by atoms with Crippen molar-refractivity contribution < 1.29 is 4.79 Å². The summed E-state index contributed by atoms with van der Waals surface area (Å²) in [4.78, 5) is 17.9. The SMILES string of the molecule is Cc1ccc(N(C)C(=O)N[C@H](C)CCn2cncn2)c(C)c1. The Morgan fingerprint density at radius 3 is 2.82 bits per heavy atom. The Bertz CT molecular complexity index is 623. The van der Waals surface area contributed by atoms with Crippen LogP contribution in [0.3, 0.4) is 0 Å². The highest BCUT2D eigenvalue weighted by Gasteiger charge is 2.15. The molecule has 1 heterocycles. The number of amides is 2. The summed E-state index contributed by atoms with van der Waals surface area (Å²) >= 11 is 0. The largest absolute Gasteiger partial charge is 0.335 e. The Labute approximate surface area is 131 Å². The summed E-state index contributed by atoms with van der Waals surface area (Å²) in [6.45, 7) is 6.78. The van der Waals surface area contributed by atoms with Crippen molar-refractivity contribution in [3.63, 3.8) is 0 Å². The molecular weight excluding hydrogens is 278 g/mol. The minimum absolute atomic E-state index is 0.0601. The van der Waals surface area contributed by atoms with Gasteiger partial charge in [-0.25, -0.2) is 9.78 Å². The van der Waals surface area contributed by atoms with Crippen molar-refractivity contribution in [2.45, 2.75) is 39.8 Å². The van der Waals surface area contributed by atoms with Crippen LogP contribution in [0, 0.1) is 13.8 Å². The fourth-order valence-corrected chi connectivity index (χ4v) is 2.35. The molecule has 0 bridgehead atoms. The van der Waals surface area contributed by atoms with E-state index in [9.17, 15) is 4.79 Å². The van der Waals surface area contributed by atoms with Gasteiger partial charge in [-0.15, -0.1) is 0 Å². The average Bonchev–Trinajstić information content (AvgIpc) is 2.97. The molecule has 0 fully saturated rings. The van der Waals surface area contributed by atoms with Crippen molar-refractivity contribution in [3.05, 3.63) is 42.0 Å². The maximum absolute atomic E-state index is 12.3. The van der Waals surface area contributed by atoms with E-state index in [1.54, 1.807) is 23.0 Å². The van der Waals surface area contributed by atoms with E-state index >= 15 is 0 Å². The van der Waals surface area contributed by atoms with Gasteiger partial charge in [0, 0.05) is 25.3 Å². The highest BCUT2D eigenvalue weighted by molar-refractivity contribution is 5.92. The van der Waals surface area contributed by atoms with Crippen LogP contribution in [0.15, 0.2) is 30.9 Å². The number of rotatable bonds is 5. The van der Waals surface area contributed by atoms with Gasteiger partial charge in [-0.3, -0.25) is 9.58 Å². The number of carbonyl (C=O) groups excluding carboxylic acids is 1. The van der Waals surface area contributed by atoms with Crippen molar-refractivity contribution >= 4 is 11.7 Å². The maximum atomic E-state index is 12.3. The van der Waals surface area contributed by atoms with Gasteiger partial charge in [-0.2, -0.15) is 5.10 Å². The van der Waals surface area contributed by atoms with E-state index in [0.717, 1.165) is 24.2 Å². The first-order valence-electron chi connectivity index (χ1n) is 7.41. The number of aromatic nitrogens is 3. The fourth-order valence-electron chi connectivity index (χ4n) is 2.35. The first-order chi connectivity index (χ1) is 10.5. The molecule has 0 saturated carbocycles. The van der Waals surface area contributed by atoms with E-state index < -0.39 is 0 Å². The molecule has 2 rings (SSSR count). The van der Waals surface area contributed by atoms with Crippen LogP contribution in [-0.2, 0) is 6.54 Å².